The number of nitrogens with one attached hydrogen (secondary N) is 5. The molecule has 2 aromatic heterocycles. The van der Waals surface area contributed by atoms with Gasteiger partial charge in [-0.25, -0.2) is 14.6 Å². The lowest BCUT2D eigenvalue weighted by atomic mass is 9.91. The summed E-state index contributed by atoms with van der Waals surface area (Å²) in [6, 6.07) is 19.3. The number of carboxylic acids is 1. The van der Waals surface area contributed by atoms with E-state index in [9.17, 15) is 33.0 Å². The lowest BCUT2D eigenvalue weighted by molar-refractivity contribution is -0.192. The van der Waals surface area contributed by atoms with Gasteiger partial charge in [0.25, 0.3) is 0 Å². The Balaban J connectivity index is 0.000000719. The Morgan fingerprint density at radius 3 is 2.18 bits per heavy atom. The summed E-state index contributed by atoms with van der Waals surface area (Å²) in [6.07, 6.45) is -3.50. The monoisotopic (exact) mass is 796 g/mol. The van der Waals surface area contributed by atoms with Crippen LogP contribution in [0.15, 0.2) is 67.0 Å². The predicted molar refractivity (Wildman–Crippen MR) is 204 cm³/mol. The molecule has 3 aliphatic rings. The second kappa shape index (κ2) is 18.2. The molecule has 2 aromatic carbocycles. The molecule has 6 atom stereocenters. The Kier molecular flexibility index (Phi) is 13.1. The van der Waals surface area contributed by atoms with E-state index in [1.54, 1.807) is 17.8 Å². The topological polar surface area (TPSA) is 219 Å². The van der Waals surface area contributed by atoms with Crippen LogP contribution in [-0.2, 0) is 9.59 Å². The first-order valence-corrected chi connectivity index (χ1v) is 18.9. The van der Waals surface area contributed by atoms with Gasteiger partial charge in [0.05, 0.1) is 18.4 Å². The number of hydrogen-bond donors (Lipinski definition) is 8. The van der Waals surface area contributed by atoms with Gasteiger partial charge in [0.15, 0.2) is 17.0 Å². The molecule has 0 unspecified atom stereocenters. The molecule has 1 saturated carbocycles. The number of benzene rings is 2. The Bertz CT molecular complexity index is 1940. The van der Waals surface area contributed by atoms with Crippen LogP contribution in [0.25, 0.3) is 11.2 Å². The molecule has 1 aliphatic carbocycles. The molecule has 4 aromatic rings. The third-order valence-corrected chi connectivity index (χ3v) is 10.4. The van der Waals surface area contributed by atoms with Crippen LogP contribution in [0.1, 0.15) is 55.7 Å². The van der Waals surface area contributed by atoms with Crippen LogP contribution in [0.2, 0.25) is 0 Å². The molecule has 8 N–H and O–H groups in total. The van der Waals surface area contributed by atoms with Crippen molar-refractivity contribution in [2.24, 2.45) is 0 Å². The molecule has 3 fully saturated rings. The zero-order valence-electron chi connectivity index (χ0n) is 31.2. The van der Waals surface area contributed by atoms with Gasteiger partial charge in [-0.05, 0) is 36.9 Å². The van der Waals surface area contributed by atoms with E-state index in [0.29, 0.717) is 49.0 Å². The first-order valence-electron chi connectivity index (χ1n) is 18.9. The largest absolute Gasteiger partial charge is 0.490 e. The fourth-order valence-corrected chi connectivity index (χ4v) is 7.40. The molecular weight excluding hydrogens is 749 g/mol. The number of aliphatic hydroxyl groups excluding tert-OH is 2. The van der Waals surface area contributed by atoms with Crippen LogP contribution in [-0.4, -0.2) is 122 Å². The maximum absolute atomic E-state index is 12.7. The summed E-state index contributed by atoms with van der Waals surface area (Å²) >= 11 is 0. The van der Waals surface area contributed by atoms with Gasteiger partial charge < -0.3 is 51.4 Å². The van der Waals surface area contributed by atoms with Gasteiger partial charge in [-0.15, -0.1) is 0 Å². The fourth-order valence-electron chi connectivity index (χ4n) is 7.40. The number of aliphatic carboxylic acids is 1. The number of aromatic nitrogens is 4. The van der Waals surface area contributed by atoms with E-state index in [-0.39, 0.29) is 36.4 Å². The van der Waals surface area contributed by atoms with Crippen molar-refractivity contribution < 1.29 is 42.9 Å². The van der Waals surface area contributed by atoms with Crippen LogP contribution in [0.3, 0.4) is 0 Å². The van der Waals surface area contributed by atoms with Crippen LogP contribution in [0, 0.1) is 0 Å². The average molecular weight is 797 g/mol. The van der Waals surface area contributed by atoms with E-state index in [4.69, 9.17) is 24.9 Å². The van der Waals surface area contributed by atoms with Crippen molar-refractivity contribution >= 4 is 40.8 Å². The van der Waals surface area contributed by atoms with Gasteiger partial charge in [0.1, 0.15) is 12.2 Å². The van der Waals surface area contributed by atoms with Crippen molar-refractivity contribution in [2.75, 3.05) is 42.9 Å². The van der Waals surface area contributed by atoms with E-state index < -0.39 is 36.4 Å². The third-order valence-electron chi connectivity index (χ3n) is 10.4. The molecule has 19 heteroatoms. The maximum Gasteiger partial charge on any atom is 0.490 e. The maximum atomic E-state index is 12.7. The summed E-state index contributed by atoms with van der Waals surface area (Å²) in [4.78, 5) is 50.6. The van der Waals surface area contributed by atoms with Gasteiger partial charge in [0, 0.05) is 50.6 Å². The smallest absolute Gasteiger partial charge is 0.475 e. The van der Waals surface area contributed by atoms with E-state index in [1.165, 1.54) is 0 Å². The number of carbonyl (C=O) groups is 3. The van der Waals surface area contributed by atoms with Crippen molar-refractivity contribution in [1.82, 2.24) is 40.8 Å². The van der Waals surface area contributed by atoms with E-state index in [2.05, 4.69) is 55.7 Å². The summed E-state index contributed by atoms with van der Waals surface area (Å²) in [7, 11) is 0. The molecule has 0 bridgehead atoms. The van der Waals surface area contributed by atoms with Crippen LogP contribution < -0.4 is 31.5 Å². The molecule has 306 valence electrons. The highest BCUT2D eigenvalue weighted by Gasteiger charge is 2.44. The van der Waals surface area contributed by atoms with Gasteiger partial charge in [-0.1, -0.05) is 67.6 Å². The summed E-state index contributed by atoms with van der Waals surface area (Å²) in [5.41, 5.74) is 3.36. The molecule has 16 nitrogen and oxygen atoms in total. The molecule has 7 rings (SSSR count). The van der Waals surface area contributed by atoms with Crippen molar-refractivity contribution in [2.45, 2.75) is 81.1 Å². The van der Waals surface area contributed by atoms with E-state index in [1.807, 2.05) is 36.4 Å². The molecule has 2 aliphatic heterocycles. The zero-order valence-corrected chi connectivity index (χ0v) is 31.2. The van der Waals surface area contributed by atoms with Crippen molar-refractivity contribution in [1.29, 1.82) is 0 Å². The van der Waals surface area contributed by atoms with Crippen molar-refractivity contribution in [3.05, 3.63) is 78.1 Å². The number of hydrogen-bond acceptors (Lipinski definition) is 11. The second-order valence-corrected chi connectivity index (χ2v) is 14.3. The number of carbonyl (C=O) groups excluding carboxylic acids is 2. The second-order valence-electron chi connectivity index (χ2n) is 14.3. The van der Waals surface area contributed by atoms with Crippen LogP contribution >= 0.6 is 0 Å². The Morgan fingerprint density at radius 2 is 1.58 bits per heavy atom. The number of fused-ring (bicyclic) bond motifs is 1. The number of imidazole rings is 1. The highest BCUT2D eigenvalue weighted by molar-refractivity contribution is 5.85. The number of amides is 3. The first-order chi connectivity index (χ1) is 27.3. The lowest BCUT2D eigenvalue weighted by Crippen LogP contribution is -2.47. The number of carboxylic acid groups (broad SMARTS) is 1. The zero-order chi connectivity index (χ0) is 40.7. The lowest BCUT2D eigenvalue weighted by Gasteiger charge is -2.22. The third kappa shape index (κ3) is 10.1. The molecule has 4 heterocycles. The molecule has 0 spiro atoms. The Morgan fingerprint density at radius 1 is 0.930 bits per heavy atom. The number of rotatable bonds is 11. The minimum Gasteiger partial charge on any atom is -0.475 e. The van der Waals surface area contributed by atoms with E-state index >= 15 is 0 Å². The number of anilines is 2. The normalized spacial score (nSPS) is 23.2. The quantitative estimate of drug-likeness (QED) is 0.110. The number of urea groups is 1. The van der Waals surface area contributed by atoms with Gasteiger partial charge in [0.2, 0.25) is 11.9 Å². The molecule has 57 heavy (non-hydrogen) atoms. The minimum absolute atomic E-state index is 0.0247. The average Bonchev–Trinajstić information content (AvgIpc) is 4.02. The number of halogens is 3. The SMILES string of the molecule is CCC(=O)N[C@H]1C[C@@H](n2cnc3c(NCC(c4ccccc4)c4ccccc4)nc(N4CC[C@@H](NC(=O)N[C@@H]5CCNC5)C4)nc32)[C@H](O)[C@@H]1O.O=C(O)C(F)(F)F. The summed E-state index contributed by atoms with van der Waals surface area (Å²) in [5, 5.41) is 45.1. The fraction of sp³-hybridized carbons (Fsp3) is 0.474. The van der Waals surface area contributed by atoms with Gasteiger partial charge in [-0.2, -0.15) is 23.1 Å². The molecule has 0 radical (unpaired) electrons. The van der Waals surface area contributed by atoms with Crippen molar-refractivity contribution in [3.8, 4) is 0 Å². The minimum atomic E-state index is -5.08. The van der Waals surface area contributed by atoms with Gasteiger partial charge in [-0.3, -0.25) is 4.79 Å². The highest BCUT2D eigenvalue weighted by Crippen LogP contribution is 2.35. The molecular formula is C38H47F3N10O6. The highest BCUT2D eigenvalue weighted by atomic mass is 19.4. The Labute approximate surface area is 326 Å². The predicted octanol–water partition coefficient (Wildman–Crippen LogP) is 2.50. The van der Waals surface area contributed by atoms with Gasteiger partial charge >= 0.3 is 18.2 Å². The van der Waals surface area contributed by atoms with Crippen molar-refractivity contribution in [3.63, 3.8) is 0 Å². The number of nitrogens with zero attached hydrogens (tertiary/aromatic N) is 5. The van der Waals surface area contributed by atoms with E-state index in [0.717, 1.165) is 37.1 Å². The molecule has 3 amide bonds. The Hall–Kier alpha value is -5.53. The number of aliphatic hydroxyl groups is 2. The number of alkyl halides is 3. The first kappa shape index (κ1) is 41.1. The summed E-state index contributed by atoms with van der Waals surface area (Å²) in [5.74, 6) is -1.89. The summed E-state index contributed by atoms with van der Waals surface area (Å²) < 4.78 is 33.5. The van der Waals surface area contributed by atoms with Crippen LogP contribution in [0.5, 0.6) is 0 Å². The standard InChI is InChI=1S/C36H46N10O4.C2HF3O2/c1-2-29(47)42-27-17-28(32(49)31(27)48)46-21-39-30-33(38-19-26(22-9-5-3-6-10-22)23-11-7-4-8-12-23)43-35(44-34(30)46)45-16-14-25(20-45)41-36(50)40-24-13-15-37-18-24;3-2(4,5)1(6)7/h3-12,21,24-28,31-32,37,48-49H,2,13-20H2,1H3,(H,42,47)(H,38,43,44)(H2,40,41,50);(H,6,7)/t24-,25-,27+,28-,31-,32+;/m1./s1. The van der Waals surface area contributed by atoms with Crippen LogP contribution in [0.4, 0.5) is 29.7 Å². The molecule has 2 saturated heterocycles. The summed E-state index contributed by atoms with van der Waals surface area (Å²) in [6.45, 7) is 5.12.